The third kappa shape index (κ3) is 4.15. The Morgan fingerprint density at radius 2 is 2.38 bits per heavy atom. The van der Waals surface area contributed by atoms with E-state index in [0.717, 1.165) is 6.42 Å². The molecule has 0 aromatic carbocycles. The molecule has 0 aliphatic carbocycles. The Morgan fingerprint density at radius 3 is 3.05 bits per heavy atom. The van der Waals surface area contributed by atoms with Crippen molar-refractivity contribution in [2.75, 3.05) is 12.8 Å². The van der Waals surface area contributed by atoms with Gasteiger partial charge in [-0.15, -0.1) is 10.2 Å². The van der Waals surface area contributed by atoms with Crippen LogP contribution in [0.25, 0.3) is 11.6 Å². The number of unbranched alkanes of at least 4 members (excludes halogenated alkanes) is 2. The predicted octanol–water partition coefficient (Wildman–Crippen LogP) is 2.54. The monoisotopic (exact) mass is 309 g/mol. The molecule has 0 aliphatic heterocycles. The summed E-state index contributed by atoms with van der Waals surface area (Å²) in [5, 5.41) is 23.3. The van der Waals surface area contributed by atoms with Crippen LogP contribution in [-0.2, 0) is 0 Å². The van der Waals surface area contributed by atoms with Gasteiger partial charge in [-0.05, 0) is 31.2 Å². The molecule has 0 radical (unpaired) electrons. The first kappa shape index (κ1) is 15.2. The van der Waals surface area contributed by atoms with E-state index < -0.39 is 0 Å². The van der Waals surface area contributed by atoms with E-state index in [2.05, 4.69) is 15.3 Å². The zero-order chi connectivity index (χ0) is 15.1. The van der Waals surface area contributed by atoms with E-state index in [-0.39, 0.29) is 11.5 Å². The lowest BCUT2D eigenvalue weighted by atomic mass is 10.2. The summed E-state index contributed by atoms with van der Waals surface area (Å²) in [6, 6.07) is 3.56. The van der Waals surface area contributed by atoms with Gasteiger partial charge in [0.1, 0.15) is 0 Å². The second-order valence-electron chi connectivity index (χ2n) is 4.15. The van der Waals surface area contributed by atoms with E-state index in [9.17, 15) is 10.1 Å². The van der Waals surface area contributed by atoms with Gasteiger partial charge in [0, 0.05) is 17.6 Å². The van der Waals surface area contributed by atoms with Crippen LogP contribution in [0.4, 0.5) is 0 Å². The van der Waals surface area contributed by atoms with Crippen LogP contribution >= 0.6 is 11.8 Å². The minimum atomic E-state index is -0.308. The Morgan fingerprint density at radius 1 is 1.52 bits per heavy atom. The van der Waals surface area contributed by atoms with Crippen LogP contribution in [0.3, 0.4) is 0 Å². The van der Waals surface area contributed by atoms with Crippen molar-refractivity contribution >= 4 is 18.0 Å². The van der Waals surface area contributed by atoms with Gasteiger partial charge in [-0.1, -0.05) is 11.8 Å². The van der Waals surface area contributed by atoms with Gasteiger partial charge in [-0.3, -0.25) is 10.1 Å². The highest BCUT2D eigenvalue weighted by Gasteiger charge is 2.14. The number of nitro groups is 1. The SMILES string of the molecule is CSc1nnc(-c2ccco2)n1/N=C\CCCC[N+](=O)[O-]. The van der Waals surface area contributed by atoms with Crippen molar-refractivity contribution in [3.8, 4) is 11.6 Å². The number of aromatic nitrogens is 3. The molecule has 0 amide bonds. The Balaban J connectivity index is 2.01. The first-order valence-corrected chi connectivity index (χ1v) is 7.62. The molecule has 2 rings (SSSR count). The maximum Gasteiger partial charge on any atom is 0.221 e. The summed E-state index contributed by atoms with van der Waals surface area (Å²) in [5.74, 6) is 1.12. The Kier molecular flexibility index (Phi) is 5.50. The topological polar surface area (TPSA) is 99.3 Å². The number of furan rings is 1. The van der Waals surface area contributed by atoms with Crippen molar-refractivity contribution in [2.45, 2.75) is 24.4 Å². The predicted molar refractivity (Wildman–Crippen MR) is 79.1 cm³/mol. The molecule has 0 fully saturated rings. The molecule has 0 bridgehead atoms. The summed E-state index contributed by atoms with van der Waals surface area (Å²) in [7, 11) is 0. The van der Waals surface area contributed by atoms with Crippen molar-refractivity contribution in [2.24, 2.45) is 5.10 Å². The molecule has 8 nitrogen and oxygen atoms in total. The first-order chi connectivity index (χ1) is 10.2. The van der Waals surface area contributed by atoms with Gasteiger partial charge < -0.3 is 4.42 Å². The molecule has 21 heavy (non-hydrogen) atoms. The van der Waals surface area contributed by atoms with Crippen LogP contribution in [-0.4, -0.2) is 38.8 Å². The normalized spacial score (nSPS) is 11.3. The van der Waals surface area contributed by atoms with Crippen LogP contribution < -0.4 is 0 Å². The van der Waals surface area contributed by atoms with Gasteiger partial charge in [0.05, 0.1) is 6.26 Å². The fourth-order valence-electron chi connectivity index (χ4n) is 1.67. The zero-order valence-corrected chi connectivity index (χ0v) is 12.3. The maximum absolute atomic E-state index is 10.2. The lowest BCUT2D eigenvalue weighted by Gasteiger charge is -2.00. The van der Waals surface area contributed by atoms with E-state index in [0.29, 0.717) is 29.6 Å². The third-order valence-electron chi connectivity index (χ3n) is 2.66. The number of hydrogen-bond donors (Lipinski definition) is 0. The molecule has 0 saturated heterocycles. The van der Waals surface area contributed by atoms with Crippen LogP contribution in [0.5, 0.6) is 0 Å². The standard InChI is InChI=1S/C12H15N5O3S/c1-21-12-15-14-11(10-6-5-9-20-10)17(12)13-7-3-2-4-8-16(18)19/h5-7,9H,2-4,8H2,1H3/b13-7-. The zero-order valence-electron chi connectivity index (χ0n) is 11.5. The van der Waals surface area contributed by atoms with Gasteiger partial charge in [-0.2, -0.15) is 9.78 Å². The van der Waals surface area contributed by atoms with Crippen molar-refractivity contribution in [1.29, 1.82) is 0 Å². The van der Waals surface area contributed by atoms with Crippen LogP contribution in [0.1, 0.15) is 19.3 Å². The van der Waals surface area contributed by atoms with Gasteiger partial charge in [0.25, 0.3) is 0 Å². The maximum atomic E-state index is 10.2. The quantitative estimate of drug-likeness (QED) is 0.244. The molecular formula is C12H15N5O3S. The van der Waals surface area contributed by atoms with E-state index in [1.807, 2.05) is 6.26 Å². The molecule has 2 heterocycles. The highest BCUT2D eigenvalue weighted by atomic mass is 32.2. The summed E-state index contributed by atoms with van der Waals surface area (Å²) in [6.45, 7) is -0.00578. The highest BCUT2D eigenvalue weighted by Crippen LogP contribution is 2.22. The summed E-state index contributed by atoms with van der Waals surface area (Å²) >= 11 is 1.43. The van der Waals surface area contributed by atoms with Gasteiger partial charge >= 0.3 is 0 Å². The lowest BCUT2D eigenvalue weighted by Crippen LogP contribution is -2.00. The Hall–Kier alpha value is -2.16. The van der Waals surface area contributed by atoms with Crippen molar-refractivity contribution in [3.63, 3.8) is 0 Å². The van der Waals surface area contributed by atoms with Gasteiger partial charge in [0.15, 0.2) is 5.76 Å². The molecule has 0 atom stereocenters. The molecule has 2 aromatic heterocycles. The summed E-state index contributed by atoms with van der Waals surface area (Å²) in [5.41, 5.74) is 0. The molecule has 2 aromatic rings. The van der Waals surface area contributed by atoms with Gasteiger partial charge in [0.2, 0.25) is 17.5 Å². The molecule has 0 spiro atoms. The van der Waals surface area contributed by atoms with E-state index in [1.54, 1.807) is 29.3 Å². The van der Waals surface area contributed by atoms with E-state index >= 15 is 0 Å². The summed E-state index contributed by atoms with van der Waals surface area (Å²) in [4.78, 5) is 9.91. The first-order valence-electron chi connectivity index (χ1n) is 6.40. The molecule has 0 unspecified atom stereocenters. The number of hydrogen-bond acceptors (Lipinski definition) is 7. The Labute approximate surface area is 125 Å². The number of thioether (sulfide) groups is 1. The number of nitrogens with zero attached hydrogens (tertiary/aromatic N) is 5. The largest absolute Gasteiger partial charge is 0.461 e. The summed E-state index contributed by atoms with van der Waals surface area (Å²) in [6.07, 6.45) is 7.10. The van der Waals surface area contributed by atoms with Crippen molar-refractivity contribution < 1.29 is 9.34 Å². The molecule has 9 heteroatoms. The van der Waals surface area contributed by atoms with Crippen molar-refractivity contribution in [3.05, 3.63) is 28.5 Å². The van der Waals surface area contributed by atoms with E-state index in [1.165, 1.54) is 11.8 Å². The molecule has 0 aliphatic rings. The minimum absolute atomic E-state index is 0.00578. The Bertz CT molecular complexity index is 608. The van der Waals surface area contributed by atoms with Crippen LogP contribution in [0.15, 0.2) is 33.1 Å². The lowest BCUT2D eigenvalue weighted by molar-refractivity contribution is -0.480. The second kappa shape index (κ2) is 7.58. The van der Waals surface area contributed by atoms with Crippen molar-refractivity contribution in [1.82, 2.24) is 14.9 Å². The fourth-order valence-corrected chi connectivity index (χ4v) is 2.10. The fraction of sp³-hybridized carbons (Fsp3) is 0.417. The van der Waals surface area contributed by atoms with Crippen LogP contribution in [0.2, 0.25) is 0 Å². The van der Waals surface area contributed by atoms with E-state index in [4.69, 9.17) is 4.42 Å². The molecule has 0 saturated carbocycles. The van der Waals surface area contributed by atoms with Gasteiger partial charge in [-0.25, -0.2) is 0 Å². The summed E-state index contributed by atoms with van der Waals surface area (Å²) < 4.78 is 6.92. The highest BCUT2D eigenvalue weighted by molar-refractivity contribution is 7.98. The number of rotatable bonds is 8. The minimum Gasteiger partial charge on any atom is -0.461 e. The average Bonchev–Trinajstić information content (AvgIpc) is 3.10. The smallest absolute Gasteiger partial charge is 0.221 e. The average molecular weight is 309 g/mol. The molecule has 0 N–H and O–H groups in total. The third-order valence-corrected chi connectivity index (χ3v) is 3.28. The second-order valence-corrected chi connectivity index (χ2v) is 4.92. The molecule has 112 valence electrons. The molecular weight excluding hydrogens is 294 g/mol. The van der Waals surface area contributed by atoms with Crippen LogP contribution in [0, 0.1) is 10.1 Å².